The third kappa shape index (κ3) is 2.95. The van der Waals surface area contributed by atoms with Gasteiger partial charge in [0.1, 0.15) is 5.01 Å². The van der Waals surface area contributed by atoms with E-state index in [1.54, 1.807) is 0 Å². The predicted molar refractivity (Wildman–Crippen MR) is 74.4 cm³/mol. The Labute approximate surface area is 117 Å². The number of hydrogen-bond donors (Lipinski definition) is 2. The zero-order chi connectivity index (χ0) is 13.1. The van der Waals surface area contributed by atoms with Crippen molar-refractivity contribution in [2.24, 2.45) is 5.73 Å². The number of aliphatic carboxylic acids is 1. The van der Waals surface area contributed by atoms with Crippen molar-refractivity contribution >= 4 is 33.2 Å². The minimum atomic E-state index is -0.917. The molecule has 0 radical (unpaired) electrons. The standard InChI is InChI=1S/C12H11BrN2O2S/c13-8-4-2-1-3-7(8)10-6-18-12(15-10)9(14)5-11(16)17/h1-4,6,9H,5,14H2,(H,16,17). The fraction of sp³-hybridized carbons (Fsp3) is 0.167. The molecule has 1 atom stereocenters. The lowest BCUT2D eigenvalue weighted by Gasteiger charge is -2.04. The van der Waals surface area contributed by atoms with Crippen molar-refractivity contribution in [3.63, 3.8) is 0 Å². The molecular formula is C12H11BrN2O2S. The molecule has 0 aliphatic rings. The Balaban J connectivity index is 2.26. The fourth-order valence-corrected chi connectivity index (χ4v) is 2.84. The van der Waals surface area contributed by atoms with Gasteiger partial charge in [-0.05, 0) is 6.07 Å². The third-order valence-electron chi connectivity index (χ3n) is 2.38. The fourth-order valence-electron chi connectivity index (χ4n) is 1.53. The molecular weight excluding hydrogens is 316 g/mol. The number of benzene rings is 1. The first-order valence-electron chi connectivity index (χ1n) is 5.25. The molecule has 0 saturated carbocycles. The summed E-state index contributed by atoms with van der Waals surface area (Å²) < 4.78 is 0.952. The Morgan fingerprint density at radius 2 is 2.22 bits per heavy atom. The van der Waals surface area contributed by atoms with Crippen LogP contribution in [0.1, 0.15) is 17.5 Å². The topological polar surface area (TPSA) is 76.2 Å². The number of thiazole rings is 1. The van der Waals surface area contributed by atoms with Gasteiger partial charge in [0, 0.05) is 15.4 Å². The van der Waals surface area contributed by atoms with Gasteiger partial charge in [-0.15, -0.1) is 11.3 Å². The first-order chi connectivity index (χ1) is 8.58. The maximum Gasteiger partial charge on any atom is 0.305 e. The SMILES string of the molecule is NC(CC(=O)O)c1nc(-c2ccccc2Br)cs1. The molecule has 1 aromatic carbocycles. The van der Waals surface area contributed by atoms with E-state index >= 15 is 0 Å². The number of halogens is 1. The quantitative estimate of drug-likeness (QED) is 0.905. The summed E-state index contributed by atoms with van der Waals surface area (Å²) in [4.78, 5) is 15.0. The van der Waals surface area contributed by atoms with Gasteiger partial charge in [0.05, 0.1) is 18.2 Å². The van der Waals surface area contributed by atoms with Crippen molar-refractivity contribution in [2.45, 2.75) is 12.5 Å². The van der Waals surface area contributed by atoms with Crippen LogP contribution in [0.5, 0.6) is 0 Å². The molecule has 3 N–H and O–H groups in total. The van der Waals surface area contributed by atoms with E-state index in [9.17, 15) is 4.79 Å². The number of nitrogens with zero attached hydrogens (tertiary/aromatic N) is 1. The predicted octanol–water partition coefficient (Wildman–Crippen LogP) is 3.05. The van der Waals surface area contributed by atoms with Crippen LogP contribution in [0, 0.1) is 0 Å². The Morgan fingerprint density at radius 3 is 2.89 bits per heavy atom. The number of hydrogen-bond acceptors (Lipinski definition) is 4. The maximum atomic E-state index is 10.6. The van der Waals surface area contributed by atoms with E-state index in [-0.39, 0.29) is 6.42 Å². The summed E-state index contributed by atoms with van der Waals surface area (Å²) in [5, 5.41) is 11.2. The van der Waals surface area contributed by atoms with Gasteiger partial charge in [0.25, 0.3) is 0 Å². The molecule has 2 aromatic rings. The third-order valence-corrected chi connectivity index (χ3v) is 4.05. The van der Waals surface area contributed by atoms with Crippen molar-refractivity contribution in [3.8, 4) is 11.3 Å². The highest BCUT2D eigenvalue weighted by Gasteiger charge is 2.15. The average molecular weight is 327 g/mol. The highest BCUT2D eigenvalue weighted by molar-refractivity contribution is 9.10. The van der Waals surface area contributed by atoms with Crippen LogP contribution in [0.15, 0.2) is 34.1 Å². The Hall–Kier alpha value is -1.24. The highest BCUT2D eigenvalue weighted by atomic mass is 79.9. The van der Waals surface area contributed by atoms with Crippen LogP contribution in [0.4, 0.5) is 0 Å². The number of carboxylic acids is 1. The number of carbonyl (C=O) groups is 1. The minimum Gasteiger partial charge on any atom is -0.481 e. The van der Waals surface area contributed by atoms with Gasteiger partial charge < -0.3 is 10.8 Å². The molecule has 1 unspecified atom stereocenters. The van der Waals surface area contributed by atoms with Crippen LogP contribution < -0.4 is 5.73 Å². The van der Waals surface area contributed by atoms with Gasteiger partial charge in [-0.25, -0.2) is 4.98 Å². The van der Waals surface area contributed by atoms with Gasteiger partial charge in [0.2, 0.25) is 0 Å². The van der Waals surface area contributed by atoms with Crippen LogP contribution in [-0.2, 0) is 4.79 Å². The molecule has 0 bridgehead atoms. The maximum absolute atomic E-state index is 10.6. The zero-order valence-corrected chi connectivity index (χ0v) is 11.7. The van der Waals surface area contributed by atoms with Crippen LogP contribution in [0.3, 0.4) is 0 Å². The lowest BCUT2D eigenvalue weighted by atomic mass is 10.2. The van der Waals surface area contributed by atoms with Gasteiger partial charge in [-0.2, -0.15) is 0 Å². The first-order valence-corrected chi connectivity index (χ1v) is 6.93. The molecule has 4 nitrogen and oxygen atoms in total. The molecule has 0 spiro atoms. The van der Waals surface area contributed by atoms with Crippen molar-refractivity contribution in [3.05, 3.63) is 39.1 Å². The normalized spacial score (nSPS) is 12.3. The molecule has 18 heavy (non-hydrogen) atoms. The summed E-state index contributed by atoms with van der Waals surface area (Å²) in [5.41, 5.74) is 7.56. The molecule has 0 fully saturated rings. The summed E-state index contributed by atoms with van der Waals surface area (Å²) in [5.74, 6) is -0.917. The van der Waals surface area contributed by atoms with Crippen molar-refractivity contribution in [2.75, 3.05) is 0 Å². The highest BCUT2D eigenvalue weighted by Crippen LogP contribution is 2.30. The summed E-state index contributed by atoms with van der Waals surface area (Å²) >= 11 is 4.84. The van der Waals surface area contributed by atoms with Gasteiger partial charge in [-0.3, -0.25) is 4.79 Å². The molecule has 2 rings (SSSR count). The van der Waals surface area contributed by atoms with E-state index in [1.807, 2.05) is 29.6 Å². The van der Waals surface area contributed by atoms with E-state index in [0.717, 1.165) is 15.7 Å². The summed E-state index contributed by atoms with van der Waals surface area (Å²) in [7, 11) is 0. The molecule has 94 valence electrons. The van der Waals surface area contributed by atoms with E-state index in [2.05, 4.69) is 20.9 Å². The van der Waals surface area contributed by atoms with Gasteiger partial charge in [-0.1, -0.05) is 34.1 Å². The number of carboxylic acid groups (broad SMARTS) is 1. The second kappa shape index (κ2) is 5.60. The molecule has 0 aliphatic carbocycles. The lowest BCUT2D eigenvalue weighted by Crippen LogP contribution is -2.14. The average Bonchev–Trinajstić information content (AvgIpc) is 2.78. The lowest BCUT2D eigenvalue weighted by molar-refractivity contribution is -0.137. The van der Waals surface area contributed by atoms with Crippen LogP contribution >= 0.6 is 27.3 Å². The van der Waals surface area contributed by atoms with E-state index < -0.39 is 12.0 Å². The van der Waals surface area contributed by atoms with Gasteiger partial charge >= 0.3 is 5.97 Å². The van der Waals surface area contributed by atoms with Crippen LogP contribution in [-0.4, -0.2) is 16.1 Å². The summed E-state index contributed by atoms with van der Waals surface area (Å²) in [6.07, 6.45) is -0.108. The Morgan fingerprint density at radius 1 is 1.50 bits per heavy atom. The smallest absolute Gasteiger partial charge is 0.305 e. The molecule has 0 amide bonds. The summed E-state index contributed by atoms with van der Waals surface area (Å²) in [6.45, 7) is 0. The van der Waals surface area contributed by atoms with E-state index in [1.165, 1.54) is 11.3 Å². The number of aromatic nitrogens is 1. The molecule has 0 aliphatic heterocycles. The van der Waals surface area contributed by atoms with Crippen LogP contribution in [0.25, 0.3) is 11.3 Å². The Kier molecular flexibility index (Phi) is 4.11. The van der Waals surface area contributed by atoms with Gasteiger partial charge in [0.15, 0.2) is 0 Å². The number of nitrogens with two attached hydrogens (primary N) is 1. The van der Waals surface area contributed by atoms with Crippen molar-refractivity contribution in [1.29, 1.82) is 0 Å². The van der Waals surface area contributed by atoms with E-state index in [4.69, 9.17) is 10.8 Å². The largest absolute Gasteiger partial charge is 0.481 e. The molecule has 1 aromatic heterocycles. The molecule has 6 heteroatoms. The van der Waals surface area contributed by atoms with Crippen molar-refractivity contribution in [1.82, 2.24) is 4.98 Å². The second-order valence-corrected chi connectivity index (χ2v) is 5.50. The summed E-state index contributed by atoms with van der Waals surface area (Å²) in [6, 6.07) is 7.19. The second-order valence-electron chi connectivity index (χ2n) is 3.76. The molecule has 0 saturated heterocycles. The Bertz CT molecular complexity index is 571. The van der Waals surface area contributed by atoms with Crippen molar-refractivity contribution < 1.29 is 9.90 Å². The number of rotatable bonds is 4. The first kappa shape index (κ1) is 13.2. The minimum absolute atomic E-state index is 0.108. The van der Waals surface area contributed by atoms with E-state index in [0.29, 0.717) is 5.01 Å². The monoisotopic (exact) mass is 326 g/mol. The zero-order valence-electron chi connectivity index (χ0n) is 9.34. The van der Waals surface area contributed by atoms with Crippen LogP contribution in [0.2, 0.25) is 0 Å². The molecule has 1 heterocycles.